The van der Waals surface area contributed by atoms with Crippen LogP contribution in [0, 0.1) is 16.7 Å². The van der Waals surface area contributed by atoms with E-state index in [4.69, 9.17) is 25.2 Å². The highest BCUT2D eigenvalue weighted by Gasteiger charge is 2.50. The van der Waals surface area contributed by atoms with Crippen LogP contribution in [0.2, 0.25) is 0 Å². The molecule has 0 atom stereocenters. The van der Waals surface area contributed by atoms with Crippen molar-refractivity contribution in [2.24, 2.45) is 16.1 Å². The van der Waals surface area contributed by atoms with E-state index in [1.54, 1.807) is 26.6 Å². The van der Waals surface area contributed by atoms with E-state index >= 15 is 0 Å². The molecule has 13 heteroatoms. The summed E-state index contributed by atoms with van der Waals surface area (Å²) in [5, 5.41) is 13.0. The molecule has 0 bridgehead atoms. The van der Waals surface area contributed by atoms with Gasteiger partial charge in [-0.25, -0.2) is 4.98 Å². The minimum Gasteiger partial charge on any atom is -0.497 e. The first-order valence-corrected chi connectivity index (χ1v) is 16.0. The summed E-state index contributed by atoms with van der Waals surface area (Å²) in [6.07, 6.45) is 10.4. The van der Waals surface area contributed by atoms with Crippen LogP contribution in [0.5, 0.6) is 11.5 Å². The molecule has 0 aliphatic carbocycles. The summed E-state index contributed by atoms with van der Waals surface area (Å²) in [5.74, 6) is 1.30. The summed E-state index contributed by atoms with van der Waals surface area (Å²) in [6, 6.07) is 13.6. The summed E-state index contributed by atoms with van der Waals surface area (Å²) >= 11 is 0. The number of aromatic nitrogens is 2. The minimum atomic E-state index is -0.898. The van der Waals surface area contributed by atoms with Crippen LogP contribution in [0.3, 0.4) is 0 Å². The average molecular weight is 668 g/mol. The molecule has 3 heterocycles. The van der Waals surface area contributed by atoms with E-state index in [1.165, 1.54) is 12.3 Å². The van der Waals surface area contributed by atoms with Crippen LogP contribution < -0.4 is 20.5 Å². The number of nitriles is 1. The number of hydrogen-bond acceptors (Lipinski definition) is 12. The molecule has 49 heavy (non-hydrogen) atoms. The van der Waals surface area contributed by atoms with Gasteiger partial charge in [-0.05, 0) is 58.3 Å². The summed E-state index contributed by atoms with van der Waals surface area (Å²) in [6.45, 7) is 2.98. The number of hydrogen-bond donors (Lipinski definition) is 2. The fourth-order valence-corrected chi connectivity index (χ4v) is 5.63. The van der Waals surface area contributed by atoms with Gasteiger partial charge in [0.15, 0.2) is 5.41 Å². The Balaban J connectivity index is 0.000000603. The predicted molar refractivity (Wildman–Crippen MR) is 192 cm³/mol. The smallest absolute Gasteiger partial charge is 0.245 e. The molecule has 258 valence electrons. The topological polar surface area (TPSA) is 162 Å². The van der Waals surface area contributed by atoms with E-state index in [9.17, 15) is 14.9 Å². The number of carbonyl (C=O) groups is 2. The molecule has 2 aromatic carbocycles. The lowest BCUT2D eigenvalue weighted by Crippen LogP contribution is -2.62. The fourth-order valence-electron chi connectivity index (χ4n) is 5.63. The van der Waals surface area contributed by atoms with Crippen LogP contribution in [-0.4, -0.2) is 117 Å². The molecule has 2 saturated heterocycles. The van der Waals surface area contributed by atoms with Crippen LogP contribution >= 0.6 is 0 Å². The van der Waals surface area contributed by atoms with Crippen molar-refractivity contribution >= 4 is 46.4 Å². The van der Waals surface area contributed by atoms with Gasteiger partial charge in [-0.3, -0.25) is 19.6 Å². The van der Waals surface area contributed by atoms with Crippen molar-refractivity contribution in [2.45, 2.75) is 18.9 Å². The van der Waals surface area contributed by atoms with Gasteiger partial charge in [0.1, 0.15) is 17.8 Å². The van der Waals surface area contributed by atoms with Crippen LogP contribution in [-0.2, 0) is 9.59 Å². The van der Waals surface area contributed by atoms with E-state index in [2.05, 4.69) is 16.4 Å². The van der Waals surface area contributed by atoms with Gasteiger partial charge in [0.2, 0.25) is 5.91 Å². The third-order valence-corrected chi connectivity index (χ3v) is 8.22. The Morgan fingerprint density at radius 3 is 2.39 bits per heavy atom. The maximum atomic E-state index is 13.0. The molecule has 3 N–H and O–H groups in total. The van der Waals surface area contributed by atoms with Crippen molar-refractivity contribution in [1.82, 2.24) is 24.7 Å². The molecule has 3 aromatic rings. The number of aliphatic imine (C=N–C) groups is 1. The third-order valence-electron chi connectivity index (χ3n) is 8.22. The third kappa shape index (κ3) is 9.62. The zero-order valence-corrected chi connectivity index (χ0v) is 28.8. The number of anilines is 2. The van der Waals surface area contributed by atoms with E-state index < -0.39 is 5.41 Å². The second kappa shape index (κ2) is 17.2. The zero-order valence-electron chi connectivity index (χ0n) is 28.8. The monoisotopic (exact) mass is 667 g/mol. The summed E-state index contributed by atoms with van der Waals surface area (Å²) in [5.41, 5.74) is 9.44. The molecule has 2 fully saturated rings. The standard InChI is InChI=1S/C30H34N8O3.C6H11NO/c1-37-18-30(17-32,19-37)29(39)38-8-6-21(7-9-38)33-15-20(14-31)28-16-34-26-5-4-22(12-27(26)36-28)35-23-10-24(40-2)13-25(11-23)41-3;1-7(2)5-3-4-6-8/h4-5,10-16,21,35H,6-9,18-19,31H2,1-3H3;3-4,6H,5H2,1-2H3/b20-14+,33-15?;4-3+. The molecule has 0 unspecified atom stereocenters. The van der Waals surface area contributed by atoms with E-state index in [0.29, 0.717) is 54.5 Å². The van der Waals surface area contributed by atoms with Gasteiger partial charge in [0, 0.05) is 80.3 Å². The van der Waals surface area contributed by atoms with Crippen molar-refractivity contribution in [3.8, 4) is 17.6 Å². The van der Waals surface area contributed by atoms with Gasteiger partial charge in [-0.2, -0.15) is 5.26 Å². The second-order valence-corrected chi connectivity index (χ2v) is 12.3. The van der Waals surface area contributed by atoms with Crippen LogP contribution in [0.4, 0.5) is 11.4 Å². The number of nitrogens with zero attached hydrogens (tertiary/aromatic N) is 7. The van der Waals surface area contributed by atoms with E-state index in [-0.39, 0.29) is 11.9 Å². The van der Waals surface area contributed by atoms with Gasteiger partial charge in [0.05, 0.1) is 49.3 Å². The highest BCUT2D eigenvalue weighted by Crippen LogP contribution is 2.32. The molecular formula is C36H45N9O4. The summed E-state index contributed by atoms with van der Waals surface area (Å²) < 4.78 is 10.7. The largest absolute Gasteiger partial charge is 0.497 e. The molecule has 2 aliphatic rings. The Bertz CT molecular complexity index is 1710. The Morgan fingerprint density at radius 1 is 1.12 bits per heavy atom. The number of amides is 1. The lowest BCUT2D eigenvalue weighted by molar-refractivity contribution is -0.147. The predicted octanol–water partition coefficient (Wildman–Crippen LogP) is 3.51. The van der Waals surface area contributed by atoms with Gasteiger partial charge in [0.25, 0.3) is 0 Å². The summed E-state index contributed by atoms with van der Waals surface area (Å²) in [7, 11) is 9.05. The maximum absolute atomic E-state index is 13.0. The highest BCUT2D eigenvalue weighted by atomic mass is 16.5. The number of rotatable bonds is 11. The second-order valence-electron chi connectivity index (χ2n) is 12.3. The van der Waals surface area contributed by atoms with Crippen LogP contribution in [0.25, 0.3) is 16.6 Å². The van der Waals surface area contributed by atoms with Crippen molar-refractivity contribution in [3.63, 3.8) is 0 Å². The van der Waals surface area contributed by atoms with Crippen molar-refractivity contribution in [3.05, 3.63) is 66.6 Å². The van der Waals surface area contributed by atoms with Crippen molar-refractivity contribution < 1.29 is 19.1 Å². The number of likely N-dealkylation sites (tertiary alicyclic amines) is 2. The Morgan fingerprint density at radius 2 is 1.82 bits per heavy atom. The zero-order chi connectivity index (χ0) is 35.4. The van der Waals surface area contributed by atoms with Gasteiger partial charge in [-0.1, -0.05) is 6.08 Å². The molecule has 1 aromatic heterocycles. The van der Waals surface area contributed by atoms with Crippen LogP contribution in [0.1, 0.15) is 18.5 Å². The van der Waals surface area contributed by atoms with Crippen molar-refractivity contribution in [1.29, 1.82) is 5.26 Å². The Labute approximate surface area is 287 Å². The molecule has 1 amide bonds. The number of benzene rings is 2. The Hall–Kier alpha value is -5.32. The first-order chi connectivity index (χ1) is 23.6. The summed E-state index contributed by atoms with van der Waals surface area (Å²) in [4.78, 5) is 42.5. The highest BCUT2D eigenvalue weighted by molar-refractivity contribution is 6.09. The minimum absolute atomic E-state index is 0.0557. The first-order valence-electron chi connectivity index (χ1n) is 16.0. The number of nitrogens with one attached hydrogen (secondary N) is 1. The van der Waals surface area contributed by atoms with E-state index in [1.807, 2.05) is 78.3 Å². The number of likely N-dealkylation sites (N-methyl/N-ethyl adjacent to an activating group) is 1. The van der Waals surface area contributed by atoms with Crippen LogP contribution in [0.15, 0.2) is 65.9 Å². The number of methoxy groups -OCH3 is 2. The molecule has 0 saturated carbocycles. The SMILES string of the molecule is CN(C)C/C=C/C=O.COc1cc(Nc2ccc3ncc(/C(C=NC4CCN(C(=O)C5(C#N)CN(C)C5)CC4)=C/N)nc3c2)cc(OC)c1. The molecule has 0 spiro atoms. The molecule has 5 rings (SSSR count). The fraction of sp³-hybridized carbons (Fsp3) is 0.389. The average Bonchev–Trinajstić information content (AvgIpc) is 3.10. The number of aldehydes is 1. The first kappa shape index (κ1) is 36.5. The number of fused-ring (bicyclic) bond motifs is 1. The Kier molecular flexibility index (Phi) is 12.8. The van der Waals surface area contributed by atoms with Gasteiger partial charge >= 0.3 is 0 Å². The van der Waals surface area contributed by atoms with Gasteiger partial charge < -0.3 is 35.2 Å². The number of piperidine rings is 1. The quantitative estimate of drug-likeness (QED) is 0.175. The van der Waals surface area contributed by atoms with Gasteiger partial charge in [-0.15, -0.1) is 0 Å². The number of carbonyl (C=O) groups excluding carboxylic acids is 2. The normalized spacial score (nSPS) is 16.6. The number of allylic oxidation sites excluding steroid dienone is 2. The lowest BCUT2D eigenvalue weighted by atomic mass is 9.80. The molecule has 2 aliphatic heterocycles. The maximum Gasteiger partial charge on any atom is 0.245 e. The molecule has 13 nitrogen and oxygen atoms in total. The van der Waals surface area contributed by atoms with E-state index in [0.717, 1.165) is 42.6 Å². The number of ether oxygens (including phenoxy) is 2. The van der Waals surface area contributed by atoms with Crippen molar-refractivity contribution in [2.75, 3.05) is 73.4 Å². The lowest BCUT2D eigenvalue weighted by Gasteiger charge is -2.45. The molecule has 0 radical (unpaired) electrons. The number of nitrogens with two attached hydrogens (primary N) is 1. The molecular weight excluding hydrogens is 622 g/mol.